The summed E-state index contributed by atoms with van der Waals surface area (Å²) in [5.74, 6) is 1.47. The molecule has 6 nitrogen and oxygen atoms in total. The molecule has 6 heteroatoms. The standard InChI is InChI=1S/C23H29N3O3/c27-22(26-15-20-6-3-11-29-20)17-9-7-16(8-10-17)13-25-23(28)21-12-18-4-1-2-5-19(18)14-24-21/h1-6,11,16-17,21,24H,7-10,12-15H2,(H,25,28)(H,26,27)/t16?,17?,21-/m1/s1. The molecule has 0 spiro atoms. The Morgan fingerprint density at radius 1 is 0.966 bits per heavy atom. The van der Waals surface area contributed by atoms with E-state index in [1.54, 1.807) is 6.26 Å². The van der Waals surface area contributed by atoms with Crippen molar-refractivity contribution in [1.29, 1.82) is 0 Å². The van der Waals surface area contributed by atoms with E-state index in [1.807, 2.05) is 24.3 Å². The van der Waals surface area contributed by atoms with E-state index in [0.29, 0.717) is 19.0 Å². The molecule has 0 unspecified atom stereocenters. The predicted molar refractivity (Wildman–Crippen MR) is 110 cm³/mol. The fourth-order valence-corrected chi connectivity index (χ4v) is 4.37. The van der Waals surface area contributed by atoms with Crippen LogP contribution in [0, 0.1) is 11.8 Å². The first-order valence-corrected chi connectivity index (χ1v) is 10.6. The minimum Gasteiger partial charge on any atom is -0.467 e. The molecule has 2 heterocycles. The third kappa shape index (κ3) is 5.07. The Balaban J connectivity index is 1.16. The molecule has 0 saturated heterocycles. The van der Waals surface area contributed by atoms with Gasteiger partial charge in [-0.3, -0.25) is 9.59 Å². The van der Waals surface area contributed by atoms with E-state index in [1.165, 1.54) is 11.1 Å². The zero-order chi connectivity index (χ0) is 20.1. The first-order valence-electron chi connectivity index (χ1n) is 10.6. The molecule has 2 aromatic rings. The van der Waals surface area contributed by atoms with Crippen LogP contribution in [0.5, 0.6) is 0 Å². The summed E-state index contributed by atoms with van der Waals surface area (Å²) in [6.45, 7) is 1.88. The Morgan fingerprint density at radius 3 is 2.52 bits per heavy atom. The number of carbonyl (C=O) groups excluding carboxylic acids is 2. The van der Waals surface area contributed by atoms with E-state index < -0.39 is 0 Å². The molecule has 1 aromatic heterocycles. The summed E-state index contributed by atoms with van der Waals surface area (Å²) in [7, 11) is 0. The Labute approximate surface area is 171 Å². The van der Waals surface area contributed by atoms with Crippen LogP contribution in [-0.2, 0) is 29.1 Å². The van der Waals surface area contributed by atoms with Crippen molar-refractivity contribution < 1.29 is 14.0 Å². The van der Waals surface area contributed by atoms with Crippen LogP contribution >= 0.6 is 0 Å². The third-order valence-electron chi connectivity index (χ3n) is 6.20. The fourth-order valence-electron chi connectivity index (χ4n) is 4.37. The third-order valence-corrected chi connectivity index (χ3v) is 6.20. The molecule has 1 aliphatic carbocycles. The fraction of sp³-hybridized carbons (Fsp3) is 0.478. The Kier molecular flexibility index (Phi) is 6.30. The van der Waals surface area contributed by atoms with E-state index in [0.717, 1.165) is 44.4 Å². The Bertz CT molecular complexity index is 826. The molecule has 0 radical (unpaired) electrons. The van der Waals surface area contributed by atoms with E-state index >= 15 is 0 Å². The minimum absolute atomic E-state index is 0.0634. The zero-order valence-corrected chi connectivity index (χ0v) is 16.7. The molecule has 1 fully saturated rings. The van der Waals surface area contributed by atoms with Crippen LogP contribution in [0.2, 0.25) is 0 Å². The minimum atomic E-state index is -0.159. The maximum atomic E-state index is 12.6. The van der Waals surface area contributed by atoms with Crippen LogP contribution in [-0.4, -0.2) is 24.4 Å². The van der Waals surface area contributed by atoms with Crippen molar-refractivity contribution in [3.05, 3.63) is 59.5 Å². The summed E-state index contributed by atoms with van der Waals surface area (Å²) >= 11 is 0. The van der Waals surface area contributed by atoms with Crippen LogP contribution < -0.4 is 16.0 Å². The van der Waals surface area contributed by atoms with Crippen molar-refractivity contribution in [2.24, 2.45) is 11.8 Å². The Morgan fingerprint density at radius 2 is 1.76 bits per heavy atom. The number of fused-ring (bicyclic) bond motifs is 1. The average molecular weight is 396 g/mol. The number of benzene rings is 1. The van der Waals surface area contributed by atoms with Gasteiger partial charge in [-0.1, -0.05) is 24.3 Å². The molecule has 4 rings (SSSR count). The largest absolute Gasteiger partial charge is 0.467 e. The van der Waals surface area contributed by atoms with Gasteiger partial charge in [0.05, 0.1) is 18.8 Å². The molecular formula is C23H29N3O3. The quantitative estimate of drug-likeness (QED) is 0.702. The molecule has 2 amide bonds. The maximum absolute atomic E-state index is 12.6. The molecule has 3 N–H and O–H groups in total. The maximum Gasteiger partial charge on any atom is 0.237 e. The molecule has 1 aromatic carbocycles. The molecule has 2 aliphatic rings. The molecular weight excluding hydrogens is 366 g/mol. The highest BCUT2D eigenvalue weighted by Crippen LogP contribution is 2.28. The highest BCUT2D eigenvalue weighted by molar-refractivity contribution is 5.82. The SMILES string of the molecule is O=C(NCc1ccco1)C1CCC(CNC(=O)[C@H]2Cc3ccccc3CN2)CC1. The molecule has 0 bridgehead atoms. The van der Waals surface area contributed by atoms with Gasteiger partial charge in [0.2, 0.25) is 11.8 Å². The van der Waals surface area contributed by atoms with E-state index in [9.17, 15) is 9.59 Å². The van der Waals surface area contributed by atoms with Crippen molar-refractivity contribution in [1.82, 2.24) is 16.0 Å². The van der Waals surface area contributed by atoms with Crippen LogP contribution in [0.3, 0.4) is 0 Å². The normalized spacial score (nSPS) is 23.8. The lowest BCUT2D eigenvalue weighted by Crippen LogP contribution is -2.48. The van der Waals surface area contributed by atoms with Gasteiger partial charge in [0, 0.05) is 19.0 Å². The highest BCUT2D eigenvalue weighted by atomic mass is 16.3. The number of hydrogen-bond acceptors (Lipinski definition) is 4. The second-order valence-electron chi connectivity index (χ2n) is 8.17. The number of nitrogens with one attached hydrogen (secondary N) is 3. The number of amides is 2. The first kappa shape index (κ1) is 19.7. The summed E-state index contributed by atoms with van der Waals surface area (Å²) < 4.78 is 5.25. The smallest absolute Gasteiger partial charge is 0.237 e. The van der Waals surface area contributed by atoms with Crippen molar-refractivity contribution in [3.8, 4) is 0 Å². The second kappa shape index (κ2) is 9.27. The van der Waals surface area contributed by atoms with Crippen LogP contribution in [0.1, 0.15) is 42.6 Å². The van der Waals surface area contributed by atoms with Crippen molar-refractivity contribution >= 4 is 11.8 Å². The summed E-state index contributed by atoms with van der Waals surface area (Å²) in [6.07, 6.45) is 6.05. The molecule has 1 atom stereocenters. The van der Waals surface area contributed by atoms with Gasteiger partial charge in [-0.25, -0.2) is 0 Å². The Hall–Kier alpha value is -2.60. The summed E-state index contributed by atoms with van der Waals surface area (Å²) in [5, 5.41) is 9.42. The lowest BCUT2D eigenvalue weighted by molar-refractivity contribution is -0.127. The van der Waals surface area contributed by atoms with Gasteiger partial charge in [0.1, 0.15) is 5.76 Å². The van der Waals surface area contributed by atoms with Crippen LogP contribution in [0.15, 0.2) is 47.1 Å². The average Bonchev–Trinajstić information content (AvgIpc) is 3.29. The van der Waals surface area contributed by atoms with Crippen LogP contribution in [0.25, 0.3) is 0 Å². The van der Waals surface area contributed by atoms with E-state index in [4.69, 9.17) is 4.42 Å². The van der Waals surface area contributed by atoms with E-state index in [-0.39, 0.29) is 23.8 Å². The van der Waals surface area contributed by atoms with Gasteiger partial charge in [0.15, 0.2) is 0 Å². The number of carbonyl (C=O) groups is 2. The lowest BCUT2D eigenvalue weighted by atomic mass is 9.81. The van der Waals surface area contributed by atoms with Gasteiger partial charge < -0.3 is 20.4 Å². The molecule has 29 heavy (non-hydrogen) atoms. The zero-order valence-electron chi connectivity index (χ0n) is 16.7. The molecule has 154 valence electrons. The number of rotatable bonds is 6. The monoisotopic (exact) mass is 395 g/mol. The summed E-state index contributed by atoms with van der Waals surface area (Å²) in [5.41, 5.74) is 2.53. The van der Waals surface area contributed by atoms with Gasteiger partial charge in [-0.2, -0.15) is 0 Å². The van der Waals surface area contributed by atoms with Crippen LogP contribution in [0.4, 0.5) is 0 Å². The molecule has 1 aliphatic heterocycles. The first-order chi connectivity index (χ1) is 14.2. The number of furan rings is 1. The van der Waals surface area contributed by atoms with Crippen molar-refractivity contribution in [2.75, 3.05) is 6.54 Å². The van der Waals surface area contributed by atoms with Gasteiger partial charge in [-0.15, -0.1) is 0 Å². The molecule has 1 saturated carbocycles. The van der Waals surface area contributed by atoms with Crippen molar-refractivity contribution in [2.45, 2.75) is 51.2 Å². The second-order valence-corrected chi connectivity index (χ2v) is 8.17. The van der Waals surface area contributed by atoms with E-state index in [2.05, 4.69) is 28.1 Å². The highest BCUT2D eigenvalue weighted by Gasteiger charge is 2.28. The number of hydrogen-bond donors (Lipinski definition) is 3. The summed E-state index contributed by atoms with van der Waals surface area (Å²) in [4.78, 5) is 24.9. The van der Waals surface area contributed by atoms with Gasteiger partial charge in [-0.05, 0) is 61.3 Å². The van der Waals surface area contributed by atoms with Gasteiger partial charge >= 0.3 is 0 Å². The lowest BCUT2D eigenvalue weighted by Gasteiger charge is -2.29. The van der Waals surface area contributed by atoms with Crippen molar-refractivity contribution in [3.63, 3.8) is 0 Å². The topological polar surface area (TPSA) is 83.4 Å². The summed E-state index contributed by atoms with van der Waals surface area (Å²) in [6, 6.07) is 11.8. The predicted octanol–water partition coefficient (Wildman–Crippen LogP) is 2.53. The van der Waals surface area contributed by atoms with Gasteiger partial charge in [0.25, 0.3) is 0 Å².